The van der Waals surface area contributed by atoms with Crippen molar-refractivity contribution in [2.45, 2.75) is 19.4 Å². The summed E-state index contributed by atoms with van der Waals surface area (Å²) in [6.07, 6.45) is 0.116. The molecule has 0 aliphatic carbocycles. The maximum absolute atomic E-state index is 12.1. The lowest BCUT2D eigenvalue weighted by atomic mass is 10.2. The Bertz CT molecular complexity index is 476. The molecule has 1 atom stereocenters. The van der Waals surface area contributed by atoms with Gasteiger partial charge in [0.05, 0.1) is 6.54 Å². The van der Waals surface area contributed by atoms with Crippen LogP contribution in [-0.4, -0.2) is 29.5 Å². The third kappa shape index (κ3) is 4.24. The SMILES string of the molecule is CC[C@H](Oc1ccc(Br)cc1)C(=O)NC1=NCCS1. The molecule has 1 heterocycles. The first-order chi connectivity index (χ1) is 9.19. The number of amides is 1. The summed E-state index contributed by atoms with van der Waals surface area (Å²) >= 11 is 4.93. The maximum atomic E-state index is 12.1. The predicted molar refractivity (Wildman–Crippen MR) is 81.8 cm³/mol. The van der Waals surface area contributed by atoms with Crippen LogP contribution in [-0.2, 0) is 4.79 Å². The van der Waals surface area contributed by atoms with E-state index >= 15 is 0 Å². The maximum Gasteiger partial charge on any atom is 0.266 e. The number of aliphatic imine (C=N–C) groups is 1. The highest BCUT2D eigenvalue weighted by molar-refractivity contribution is 9.10. The van der Waals surface area contributed by atoms with E-state index in [0.717, 1.165) is 16.8 Å². The lowest BCUT2D eigenvalue weighted by molar-refractivity contribution is -0.126. The van der Waals surface area contributed by atoms with Crippen LogP contribution in [0.25, 0.3) is 0 Å². The summed E-state index contributed by atoms with van der Waals surface area (Å²) in [5.74, 6) is 1.48. The highest BCUT2D eigenvalue weighted by Crippen LogP contribution is 2.18. The van der Waals surface area contributed by atoms with E-state index in [1.807, 2.05) is 31.2 Å². The Hall–Kier alpha value is -1.01. The first-order valence-corrected chi connectivity index (χ1v) is 7.87. The molecule has 19 heavy (non-hydrogen) atoms. The van der Waals surface area contributed by atoms with Gasteiger partial charge >= 0.3 is 0 Å². The predicted octanol–water partition coefficient (Wildman–Crippen LogP) is 2.83. The first kappa shape index (κ1) is 14.4. The van der Waals surface area contributed by atoms with Gasteiger partial charge in [-0.05, 0) is 30.7 Å². The fourth-order valence-corrected chi connectivity index (χ4v) is 2.59. The zero-order valence-electron chi connectivity index (χ0n) is 10.6. The highest BCUT2D eigenvalue weighted by atomic mass is 79.9. The van der Waals surface area contributed by atoms with Gasteiger partial charge in [0, 0.05) is 10.2 Å². The van der Waals surface area contributed by atoms with Crippen molar-refractivity contribution in [3.05, 3.63) is 28.7 Å². The van der Waals surface area contributed by atoms with Gasteiger partial charge in [-0.1, -0.05) is 34.6 Å². The van der Waals surface area contributed by atoms with Crippen LogP contribution in [0.2, 0.25) is 0 Å². The Morgan fingerprint density at radius 2 is 2.26 bits per heavy atom. The molecule has 0 fully saturated rings. The number of benzene rings is 1. The number of ether oxygens (including phenoxy) is 1. The van der Waals surface area contributed by atoms with E-state index in [1.54, 1.807) is 11.8 Å². The van der Waals surface area contributed by atoms with Gasteiger partial charge in [0.1, 0.15) is 5.75 Å². The van der Waals surface area contributed by atoms with Gasteiger partial charge in [-0.25, -0.2) is 0 Å². The van der Waals surface area contributed by atoms with E-state index in [2.05, 4.69) is 26.2 Å². The summed E-state index contributed by atoms with van der Waals surface area (Å²) in [6, 6.07) is 7.44. The molecule has 0 saturated carbocycles. The molecule has 0 radical (unpaired) electrons. The molecule has 2 rings (SSSR count). The van der Waals surface area contributed by atoms with Gasteiger partial charge < -0.3 is 10.1 Å². The molecule has 1 aliphatic rings. The van der Waals surface area contributed by atoms with E-state index in [1.165, 1.54) is 0 Å². The average molecular weight is 343 g/mol. The molecule has 1 aliphatic heterocycles. The number of amidine groups is 1. The van der Waals surface area contributed by atoms with Crippen molar-refractivity contribution in [3.63, 3.8) is 0 Å². The van der Waals surface area contributed by atoms with Crippen molar-refractivity contribution in [2.75, 3.05) is 12.3 Å². The second-order valence-electron chi connectivity index (χ2n) is 3.99. The standard InChI is InChI=1S/C13H15BrN2O2S/c1-2-11(12(17)16-13-15-7-8-19-13)18-10-5-3-9(14)4-6-10/h3-6,11H,2,7-8H2,1H3,(H,15,16,17)/t11-/m0/s1. The summed E-state index contributed by atoms with van der Waals surface area (Å²) in [5.41, 5.74) is 0. The number of hydrogen-bond acceptors (Lipinski definition) is 4. The number of thioether (sulfide) groups is 1. The molecular weight excluding hydrogens is 328 g/mol. The monoisotopic (exact) mass is 342 g/mol. The third-order valence-corrected chi connectivity index (χ3v) is 3.99. The molecule has 0 aromatic heterocycles. The van der Waals surface area contributed by atoms with Gasteiger partial charge in [-0.15, -0.1) is 0 Å². The quantitative estimate of drug-likeness (QED) is 0.915. The summed E-state index contributed by atoms with van der Waals surface area (Å²) in [5, 5.41) is 3.50. The van der Waals surface area contributed by atoms with Crippen LogP contribution in [0.15, 0.2) is 33.7 Å². The van der Waals surface area contributed by atoms with Crippen LogP contribution >= 0.6 is 27.7 Å². The Kier molecular flexibility index (Phi) is 5.27. The largest absolute Gasteiger partial charge is 0.481 e. The number of halogens is 1. The normalized spacial score (nSPS) is 15.8. The van der Waals surface area contributed by atoms with Crippen molar-refractivity contribution in [2.24, 2.45) is 4.99 Å². The van der Waals surface area contributed by atoms with Crippen LogP contribution in [0, 0.1) is 0 Å². The molecule has 0 saturated heterocycles. The van der Waals surface area contributed by atoms with Crippen LogP contribution < -0.4 is 10.1 Å². The van der Waals surface area contributed by atoms with E-state index < -0.39 is 6.10 Å². The Morgan fingerprint density at radius 1 is 1.53 bits per heavy atom. The highest BCUT2D eigenvalue weighted by Gasteiger charge is 2.21. The second-order valence-corrected chi connectivity index (χ2v) is 5.99. The number of nitrogens with one attached hydrogen (secondary N) is 1. The molecule has 1 N–H and O–H groups in total. The number of nitrogens with zero attached hydrogens (tertiary/aromatic N) is 1. The first-order valence-electron chi connectivity index (χ1n) is 6.09. The van der Waals surface area contributed by atoms with Crippen LogP contribution in [0.1, 0.15) is 13.3 Å². The van der Waals surface area contributed by atoms with E-state index in [0.29, 0.717) is 17.3 Å². The molecule has 4 nitrogen and oxygen atoms in total. The molecule has 0 unspecified atom stereocenters. The Balaban J connectivity index is 1.95. The molecule has 6 heteroatoms. The number of hydrogen-bond donors (Lipinski definition) is 1. The molecule has 1 aromatic rings. The second kappa shape index (κ2) is 6.96. The topological polar surface area (TPSA) is 50.7 Å². The minimum Gasteiger partial charge on any atom is -0.481 e. The van der Waals surface area contributed by atoms with Crippen molar-refractivity contribution in [3.8, 4) is 5.75 Å². The molecular formula is C13H15BrN2O2S. The zero-order chi connectivity index (χ0) is 13.7. The van der Waals surface area contributed by atoms with Crippen molar-refractivity contribution >= 4 is 38.8 Å². The fourth-order valence-electron chi connectivity index (χ4n) is 1.60. The van der Waals surface area contributed by atoms with Gasteiger partial charge in [-0.3, -0.25) is 9.79 Å². The van der Waals surface area contributed by atoms with Gasteiger partial charge in [0.15, 0.2) is 11.3 Å². The van der Waals surface area contributed by atoms with Crippen LogP contribution in [0.3, 0.4) is 0 Å². The minimum absolute atomic E-state index is 0.140. The number of carbonyl (C=O) groups is 1. The minimum atomic E-state index is -0.495. The molecule has 0 spiro atoms. The summed E-state index contributed by atoms with van der Waals surface area (Å²) in [7, 11) is 0. The van der Waals surface area contributed by atoms with Crippen molar-refractivity contribution < 1.29 is 9.53 Å². The van der Waals surface area contributed by atoms with E-state index in [4.69, 9.17) is 4.74 Å². The van der Waals surface area contributed by atoms with E-state index in [-0.39, 0.29) is 5.91 Å². The zero-order valence-corrected chi connectivity index (χ0v) is 13.0. The Labute approximate surface area is 125 Å². The summed E-state index contributed by atoms with van der Waals surface area (Å²) in [6.45, 7) is 2.69. The number of carbonyl (C=O) groups excluding carboxylic acids is 1. The average Bonchev–Trinajstić information content (AvgIpc) is 2.90. The third-order valence-electron chi connectivity index (χ3n) is 2.57. The number of rotatable bonds is 4. The smallest absolute Gasteiger partial charge is 0.266 e. The lowest BCUT2D eigenvalue weighted by Gasteiger charge is -2.17. The van der Waals surface area contributed by atoms with Gasteiger partial charge in [-0.2, -0.15) is 0 Å². The Morgan fingerprint density at radius 3 is 2.84 bits per heavy atom. The van der Waals surface area contributed by atoms with Crippen molar-refractivity contribution in [1.29, 1.82) is 0 Å². The summed E-state index contributed by atoms with van der Waals surface area (Å²) < 4.78 is 6.67. The molecule has 102 valence electrons. The van der Waals surface area contributed by atoms with Gasteiger partial charge in [0.25, 0.3) is 5.91 Å². The fraction of sp³-hybridized carbons (Fsp3) is 0.385. The molecule has 1 amide bonds. The lowest BCUT2D eigenvalue weighted by Crippen LogP contribution is -2.39. The van der Waals surface area contributed by atoms with Crippen LogP contribution in [0.5, 0.6) is 5.75 Å². The summed E-state index contributed by atoms with van der Waals surface area (Å²) in [4.78, 5) is 16.3. The van der Waals surface area contributed by atoms with Crippen molar-refractivity contribution in [1.82, 2.24) is 5.32 Å². The molecule has 0 bridgehead atoms. The van der Waals surface area contributed by atoms with Gasteiger partial charge in [0.2, 0.25) is 0 Å². The van der Waals surface area contributed by atoms with E-state index in [9.17, 15) is 4.79 Å². The molecule has 1 aromatic carbocycles. The van der Waals surface area contributed by atoms with Crippen LogP contribution in [0.4, 0.5) is 0 Å².